The van der Waals surface area contributed by atoms with Crippen LogP contribution >= 0.6 is 12.4 Å². The summed E-state index contributed by atoms with van der Waals surface area (Å²) in [6.45, 7) is 0.454. The Bertz CT molecular complexity index is 632. The van der Waals surface area contributed by atoms with Gasteiger partial charge >= 0.3 is 0 Å². The van der Waals surface area contributed by atoms with Gasteiger partial charge in [-0.05, 0) is 22.4 Å². The summed E-state index contributed by atoms with van der Waals surface area (Å²) in [6.07, 6.45) is -0.845. The van der Waals surface area contributed by atoms with E-state index >= 15 is 0 Å². The molecule has 0 saturated heterocycles. The molecule has 0 aliphatic heterocycles. The van der Waals surface area contributed by atoms with Crippen molar-refractivity contribution in [1.29, 1.82) is 0 Å². The number of ether oxygens (including phenoxy) is 1. The van der Waals surface area contributed by atoms with Gasteiger partial charge in [-0.1, -0.05) is 36.4 Å². The van der Waals surface area contributed by atoms with Crippen LogP contribution < -0.4 is 11.1 Å². The van der Waals surface area contributed by atoms with Gasteiger partial charge in [-0.25, -0.2) is 0 Å². The van der Waals surface area contributed by atoms with Gasteiger partial charge in [-0.2, -0.15) is 0 Å². The van der Waals surface area contributed by atoms with Crippen molar-refractivity contribution in [2.75, 3.05) is 20.2 Å². The van der Waals surface area contributed by atoms with E-state index in [1.54, 1.807) is 0 Å². The number of carbonyl (C=O) groups is 1. The van der Waals surface area contributed by atoms with Crippen LogP contribution in [0.3, 0.4) is 0 Å². The number of aliphatic hydroxyl groups excluding tert-OH is 1. The predicted molar refractivity (Wildman–Crippen MR) is 93.6 cm³/mol. The SMILES string of the molecule is COC(CN)CC(=O)NCC(O)c1ccc2ccccc2c1.Cl. The van der Waals surface area contributed by atoms with Gasteiger partial charge in [0, 0.05) is 20.2 Å². The van der Waals surface area contributed by atoms with E-state index in [1.165, 1.54) is 7.11 Å². The Morgan fingerprint density at radius 2 is 1.96 bits per heavy atom. The molecule has 0 heterocycles. The molecule has 0 saturated carbocycles. The second kappa shape index (κ2) is 9.47. The van der Waals surface area contributed by atoms with Gasteiger partial charge in [0.2, 0.25) is 5.91 Å². The van der Waals surface area contributed by atoms with E-state index in [1.807, 2.05) is 42.5 Å². The molecule has 0 spiro atoms. The molecule has 2 rings (SSSR count). The maximum atomic E-state index is 11.8. The summed E-state index contributed by atoms with van der Waals surface area (Å²) in [7, 11) is 1.52. The number of nitrogens with one attached hydrogen (secondary N) is 1. The highest BCUT2D eigenvalue weighted by Crippen LogP contribution is 2.20. The average molecular weight is 339 g/mol. The topological polar surface area (TPSA) is 84.6 Å². The van der Waals surface area contributed by atoms with Crippen molar-refractivity contribution in [3.8, 4) is 0 Å². The number of methoxy groups -OCH3 is 1. The van der Waals surface area contributed by atoms with Gasteiger partial charge < -0.3 is 20.9 Å². The third-order valence-corrected chi connectivity index (χ3v) is 3.66. The number of hydrogen-bond acceptors (Lipinski definition) is 4. The van der Waals surface area contributed by atoms with Crippen LogP contribution in [-0.2, 0) is 9.53 Å². The first-order valence-corrected chi connectivity index (χ1v) is 7.30. The molecule has 0 bridgehead atoms. The quantitative estimate of drug-likeness (QED) is 0.718. The first kappa shape index (κ1) is 19.4. The monoisotopic (exact) mass is 338 g/mol. The summed E-state index contributed by atoms with van der Waals surface area (Å²) in [5, 5.41) is 15.1. The molecule has 2 aromatic carbocycles. The minimum atomic E-state index is -0.743. The predicted octanol–water partition coefficient (Wildman–Crippen LogP) is 1.78. The van der Waals surface area contributed by atoms with Crippen LogP contribution in [0, 0.1) is 0 Å². The highest BCUT2D eigenvalue weighted by molar-refractivity contribution is 5.85. The first-order valence-electron chi connectivity index (χ1n) is 7.30. The molecule has 0 aliphatic carbocycles. The Balaban J connectivity index is 0.00000264. The van der Waals surface area contributed by atoms with Crippen molar-refractivity contribution < 1.29 is 14.6 Å². The molecule has 2 unspecified atom stereocenters. The largest absolute Gasteiger partial charge is 0.387 e. The zero-order valence-electron chi connectivity index (χ0n) is 13.1. The van der Waals surface area contributed by atoms with Crippen molar-refractivity contribution in [2.24, 2.45) is 5.73 Å². The third-order valence-electron chi connectivity index (χ3n) is 3.66. The Hall–Kier alpha value is -1.66. The van der Waals surface area contributed by atoms with E-state index in [4.69, 9.17) is 10.5 Å². The zero-order chi connectivity index (χ0) is 15.9. The van der Waals surface area contributed by atoms with E-state index in [0.29, 0.717) is 0 Å². The average Bonchev–Trinajstić information content (AvgIpc) is 2.57. The minimum absolute atomic E-state index is 0. The highest BCUT2D eigenvalue weighted by atomic mass is 35.5. The lowest BCUT2D eigenvalue weighted by Gasteiger charge is -2.15. The van der Waals surface area contributed by atoms with Crippen molar-refractivity contribution in [2.45, 2.75) is 18.6 Å². The summed E-state index contributed by atoms with van der Waals surface area (Å²) in [4.78, 5) is 11.8. The fraction of sp³-hybridized carbons (Fsp3) is 0.353. The Morgan fingerprint density at radius 1 is 1.26 bits per heavy atom. The number of hydrogen-bond donors (Lipinski definition) is 3. The smallest absolute Gasteiger partial charge is 0.222 e. The summed E-state index contributed by atoms with van der Waals surface area (Å²) >= 11 is 0. The fourth-order valence-corrected chi connectivity index (χ4v) is 2.29. The molecule has 2 atom stereocenters. The molecule has 126 valence electrons. The van der Waals surface area contributed by atoms with E-state index in [9.17, 15) is 9.90 Å². The maximum absolute atomic E-state index is 11.8. The Morgan fingerprint density at radius 3 is 2.61 bits per heavy atom. The summed E-state index contributed by atoms with van der Waals surface area (Å²) in [6, 6.07) is 13.7. The van der Waals surface area contributed by atoms with Crippen LogP contribution in [0.5, 0.6) is 0 Å². The van der Waals surface area contributed by atoms with Crippen LogP contribution in [0.4, 0.5) is 0 Å². The summed E-state index contributed by atoms with van der Waals surface area (Å²) in [5.41, 5.74) is 6.26. The molecular formula is C17H23ClN2O3. The normalized spacial score (nSPS) is 13.2. The summed E-state index contributed by atoms with van der Waals surface area (Å²) < 4.78 is 5.06. The molecule has 4 N–H and O–H groups in total. The molecule has 1 amide bonds. The molecule has 23 heavy (non-hydrogen) atoms. The van der Waals surface area contributed by atoms with Crippen LogP contribution in [-0.4, -0.2) is 37.3 Å². The van der Waals surface area contributed by atoms with E-state index in [2.05, 4.69) is 5.32 Å². The lowest BCUT2D eigenvalue weighted by molar-refractivity contribution is -0.123. The molecular weight excluding hydrogens is 316 g/mol. The molecule has 6 heteroatoms. The lowest BCUT2D eigenvalue weighted by atomic mass is 10.0. The van der Waals surface area contributed by atoms with Crippen LogP contribution in [0.1, 0.15) is 18.1 Å². The molecule has 0 aromatic heterocycles. The van der Waals surface area contributed by atoms with E-state index in [0.717, 1.165) is 16.3 Å². The van der Waals surface area contributed by atoms with E-state index in [-0.39, 0.29) is 43.9 Å². The van der Waals surface area contributed by atoms with Gasteiger partial charge in [0.05, 0.1) is 18.6 Å². The first-order chi connectivity index (χ1) is 10.6. The van der Waals surface area contributed by atoms with Gasteiger partial charge in [0.25, 0.3) is 0 Å². The van der Waals surface area contributed by atoms with Gasteiger partial charge in [0.15, 0.2) is 0 Å². The fourth-order valence-electron chi connectivity index (χ4n) is 2.29. The number of amides is 1. The standard InChI is InChI=1S/C17H22N2O3.ClH/c1-22-15(10-18)9-17(21)19-11-16(20)14-7-6-12-4-2-3-5-13(12)8-14;/h2-8,15-16,20H,9-11,18H2,1H3,(H,19,21);1H. The number of fused-ring (bicyclic) bond motifs is 1. The maximum Gasteiger partial charge on any atom is 0.222 e. The van der Waals surface area contributed by atoms with Crippen LogP contribution in [0.25, 0.3) is 10.8 Å². The van der Waals surface area contributed by atoms with Crippen molar-refractivity contribution in [3.63, 3.8) is 0 Å². The Kier molecular flexibility index (Phi) is 7.98. The molecule has 2 aromatic rings. The zero-order valence-corrected chi connectivity index (χ0v) is 13.9. The van der Waals surface area contributed by atoms with Crippen LogP contribution in [0.15, 0.2) is 42.5 Å². The summed E-state index contributed by atoms with van der Waals surface area (Å²) in [5.74, 6) is -0.183. The second-order valence-electron chi connectivity index (χ2n) is 5.22. The molecule has 0 aliphatic rings. The number of benzene rings is 2. The third kappa shape index (κ3) is 5.48. The Labute approximate surface area is 142 Å². The minimum Gasteiger partial charge on any atom is -0.387 e. The number of rotatable bonds is 7. The molecule has 0 fully saturated rings. The van der Waals surface area contributed by atoms with E-state index < -0.39 is 6.10 Å². The van der Waals surface area contributed by atoms with Crippen LogP contribution in [0.2, 0.25) is 0 Å². The number of aliphatic hydroxyl groups is 1. The van der Waals surface area contributed by atoms with Crippen molar-refractivity contribution >= 4 is 29.1 Å². The number of halogens is 1. The van der Waals surface area contributed by atoms with Gasteiger partial charge in [-0.15, -0.1) is 12.4 Å². The molecule has 5 nitrogen and oxygen atoms in total. The highest BCUT2D eigenvalue weighted by Gasteiger charge is 2.14. The van der Waals surface area contributed by atoms with Gasteiger partial charge in [0.1, 0.15) is 0 Å². The second-order valence-corrected chi connectivity index (χ2v) is 5.22. The van der Waals surface area contributed by atoms with Crippen molar-refractivity contribution in [3.05, 3.63) is 48.0 Å². The van der Waals surface area contributed by atoms with Gasteiger partial charge in [-0.3, -0.25) is 4.79 Å². The number of carbonyl (C=O) groups excluding carboxylic acids is 1. The number of nitrogens with two attached hydrogens (primary N) is 1. The lowest BCUT2D eigenvalue weighted by Crippen LogP contribution is -2.34. The molecule has 0 radical (unpaired) electrons. The van der Waals surface area contributed by atoms with Crippen molar-refractivity contribution in [1.82, 2.24) is 5.32 Å².